The zero-order valence-corrected chi connectivity index (χ0v) is 16.8. The number of fused-ring (bicyclic) bond motifs is 1. The largest absolute Gasteiger partial charge is 0.274 e. The lowest BCUT2D eigenvalue weighted by Gasteiger charge is -2.14. The molecule has 0 fully saturated rings. The van der Waals surface area contributed by atoms with Crippen LogP contribution in [0, 0.1) is 13.8 Å². The van der Waals surface area contributed by atoms with Gasteiger partial charge in [0.2, 0.25) is 0 Å². The second kappa shape index (κ2) is 7.83. The quantitative estimate of drug-likeness (QED) is 0.416. The molecule has 0 bridgehead atoms. The second-order valence-corrected chi connectivity index (χ2v) is 9.19. The molecule has 0 saturated heterocycles. The molecule has 2 aromatic heterocycles. The molecule has 5 heteroatoms. The molecule has 2 aromatic rings. The van der Waals surface area contributed by atoms with E-state index in [0.29, 0.717) is 17.7 Å². The van der Waals surface area contributed by atoms with Gasteiger partial charge in [-0.2, -0.15) is 0 Å². The fourth-order valence-corrected chi connectivity index (χ4v) is 5.47. The van der Waals surface area contributed by atoms with Crippen LogP contribution < -0.4 is 0 Å². The Morgan fingerprint density at radius 3 is 2.24 bits per heavy atom. The van der Waals surface area contributed by atoms with Gasteiger partial charge in [0.1, 0.15) is 0 Å². The van der Waals surface area contributed by atoms with Crippen LogP contribution in [0.5, 0.6) is 0 Å². The summed E-state index contributed by atoms with van der Waals surface area (Å²) in [6, 6.07) is 4.12. The first-order chi connectivity index (χ1) is 12.0. The van der Waals surface area contributed by atoms with Crippen LogP contribution in [0.25, 0.3) is 9.75 Å². The van der Waals surface area contributed by atoms with Crippen LogP contribution in [0.2, 0.25) is 0 Å². The van der Waals surface area contributed by atoms with E-state index in [4.69, 9.17) is 0 Å². The zero-order chi connectivity index (χ0) is 18.0. The normalized spacial score (nSPS) is 13.8. The average Bonchev–Trinajstić information content (AvgIpc) is 3.22. The van der Waals surface area contributed by atoms with E-state index in [1.165, 1.54) is 35.5 Å². The Morgan fingerprint density at radius 1 is 0.880 bits per heavy atom. The first kappa shape index (κ1) is 18.3. The standard InChI is InChI=1S/C20H25NO2S2/c1-4-5-6-7-8-9-12-21-19(22)16-14(3)25-18(17(16)20(21)23)15-11-10-13(2)24-15/h10-11H,4-9,12H2,1-3H3. The number of unbranched alkanes of at least 4 members (excludes halogenated alkanes) is 5. The number of nitrogens with zero attached hydrogens (tertiary/aromatic N) is 1. The fraction of sp³-hybridized carbons (Fsp3) is 0.500. The summed E-state index contributed by atoms with van der Waals surface area (Å²) in [4.78, 5) is 31.4. The van der Waals surface area contributed by atoms with Crippen molar-refractivity contribution in [3.05, 3.63) is 33.0 Å². The highest BCUT2D eigenvalue weighted by Crippen LogP contribution is 2.43. The molecule has 3 nitrogen and oxygen atoms in total. The molecule has 1 aliphatic heterocycles. The maximum Gasteiger partial charge on any atom is 0.263 e. The number of thiophene rings is 2. The predicted octanol–water partition coefficient (Wildman–Crippen LogP) is 6.05. The van der Waals surface area contributed by atoms with Crippen LogP contribution in [0.3, 0.4) is 0 Å². The third-order valence-corrected chi connectivity index (χ3v) is 6.99. The Morgan fingerprint density at radius 2 is 1.56 bits per heavy atom. The van der Waals surface area contributed by atoms with Gasteiger partial charge in [0.15, 0.2) is 0 Å². The Bertz CT molecular complexity index is 788. The molecule has 0 spiro atoms. The molecule has 25 heavy (non-hydrogen) atoms. The molecule has 0 unspecified atom stereocenters. The lowest BCUT2D eigenvalue weighted by atomic mass is 10.1. The van der Waals surface area contributed by atoms with Crippen molar-refractivity contribution in [2.75, 3.05) is 6.54 Å². The number of amides is 2. The van der Waals surface area contributed by atoms with E-state index in [9.17, 15) is 9.59 Å². The van der Waals surface area contributed by atoms with Gasteiger partial charge >= 0.3 is 0 Å². The Labute approximate surface area is 157 Å². The molecular weight excluding hydrogens is 350 g/mol. The Hall–Kier alpha value is -1.46. The fourth-order valence-electron chi connectivity index (χ4n) is 3.35. The van der Waals surface area contributed by atoms with Gasteiger partial charge in [-0.3, -0.25) is 14.5 Å². The van der Waals surface area contributed by atoms with Gasteiger partial charge in [-0.05, 0) is 32.4 Å². The number of rotatable bonds is 8. The SMILES string of the molecule is CCCCCCCCN1C(=O)c2c(C)sc(-c3ccc(C)s3)c2C1=O. The summed E-state index contributed by atoms with van der Waals surface area (Å²) in [5.74, 6) is -0.194. The molecule has 3 rings (SSSR count). The van der Waals surface area contributed by atoms with Crippen LogP contribution >= 0.6 is 22.7 Å². The number of imide groups is 1. The lowest BCUT2D eigenvalue weighted by Crippen LogP contribution is -2.31. The number of aryl methyl sites for hydroxylation is 2. The summed E-state index contributed by atoms with van der Waals surface area (Å²) in [6.45, 7) is 6.76. The molecule has 0 N–H and O–H groups in total. The molecule has 2 amide bonds. The van der Waals surface area contributed by atoms with E-state index >= 15 is 0 Å². The summed E-state index contributed by atoms with van der Waals surface area (Å²) in [5.41, 5.74) is 1.28. The molecule has 3 heterocycles. The number of carbonyl (C=O) groups is 2. The first-order valence-corrected chi connectivity index (χ1v) is 10.7. The van der Waals surface area contributed by atoms with E-state index in [0.717, 1.165) is 27.5 Å². The van der Waals surface area contributed by atoms with Gasteiger partial charge in [-0.1, -0.05) is 39.0 Å². The number of carbonyl (C=O) groups excluding carboxylic acids is 2. The third kappa shape index (κ3) is 3.58. The van der Waals surface area contributed by atoms with E-state index in [-0.39, 0.29) is 11.8 Å². The van der Waals surface area contributed by atoms with Crippen LogP contribution in [0.1, 0.15) is 75.9 Å². The molecule has 0 radical (unpaired) electrons. The van der Waals surface area contributed by atoms with Gasteiger partial charge in [0, 0.05) is 21.2 Å². The van der Waals surface area contributed by atoms with Crippen molar-refractivity contribution in [2.45, 2.75) is 59.3 Å². The van der Waals surface area contributed by atoms with Crippen molar-refractivity contribution >= 4 is 34.5 Å². The van der Waals surface area contributed by atoms with Gasteiger partial charge < -0.3 is 0 Å². The van der Waals surface area contributed by atoms with E-state index in [1.807, 2.05) is 6.92 Å². The zero-order valence-electron chi connectivity index (χ0n) is 15.2. The summed E-state index contributed by atoms with van der Waals surface area (Å²) >= 11 is 3.25. The van der Waals surface area contributed by atoms with Crippen molar-refractivity contribution in [2.24, 2.45) is 0 Å². The van der Waals surface area contributed by atoms with E-state index in [2.05, 4.69) is 26.0 Å². The van der Waals surface area contributed by atoms with E-state index < -0.39 is 0 Å². The van der Waals surface area contributed by atoms with Gasteiger partial charge in [0.05, 0.1) is 16.0 Å². The Balaban J connectivity index is 1.74. The van der Waals surface area contributed by atoms with Crippen molar-refractivity contribution in [3.8, 4) is 9.75 Å². The number of hydrogen-bond donors (Lipinski definition) is 0. The summed E-state index contributed by atoms with van der Waals surface area (Å²) in [7, 11) is 0. The maximum absolute atomic E-state index is 12.9. The third-order valence-electron chi connectivity index (χ3n) is 4.70. The minimum Gasteiger partial charge on any atom is -0.274 e. The first-order valence-electron chi connectivity index (χ1n) is 9.11. The minimum absolute atomic E-state index is 0.0955. The monoisotopic (exact) mass is 375 g/mol. The van der Waals surface area contributed by atoms with Crippen molar-refractivity contribution in [3.63, 3.8) is 0 Å². The molecular formula is C20H25NO2S2. The van der Waals surface area contributed by atoms with Crippen LogP contribution in [-0.4, -0.2) is 23.3 Å². The molecule has 134 valence electrons. The predicted molar refractivity (Wildman–Crippen MR) is 106 cm³/mol. The van der Waals surface area contributed by atoms with Crippen molar-refractivity contribution in [1.82, 2.24) is 4.90 Å². The molecule has 0 saturated carbocycles. The van der Waals surface area contributed by atoms with E-state index in [1.54, 1.807) is 22.7 Å². The highest BCUT2D eigenvalue weighted by molar-refractivity contribution is 7.22. The van der Waals surface area contributed by atoms with Gasteiger partial charge in [0.25, 0.3) is 11.8 Å². The Kier molecular flexibility index (Phi) is 5.74. The smallest absolute Gasteiger partial charge is 0.263 e. The highest BCUT2D eigenvalue weighted by atomic mass is 32.1. The van der Waals surface area contributed by atoms with Crippen molar-refractivity contribution < 1.29 is 9.59 Å². The summed E-state index contributed by atoms with van der Waals surface area (Å²) in [6.07, 6.45) is 6.91. The van der Waals surface area contributed by atoms with Crippen LogP contribution in [-0.2, 0) is 0 Å². The summed E-state index contributed by atoms with van der Waals surface area (Å²) < 4.78 is 0. The lowest BCUT2D eigenvalue weighted by molar-refractivity contribution is 0.0651. The maximum atomic E-state index is 12.9. The van der Waals surface area contributed by atoms with Crippen molar-refractivity contribution in [1.29, 1.82) is 0 Å². The van der Waals surface area contributed by atoms with Gasteiger partial charge in [-0.15, -0.1) is 22.7 Å². The topological polar surface area (TPSA) is 37.4 Å². The minimum atomic E-state index is -0.0982. The average molecular weight is 376 g/mol. The van der Waals surface area contributed by atoms with Gasteiger partial charge in [-0.25, -0.2) is 0 Å². The van der Waals surface area contributed by atoms with Crippen LogP contribution in [0.4, 0.5) is 0 Å². The number of hydrogen-bond acceptors (Lipinski definition) is 4. The molecule has 0 aliphatic carbocycles. The highest BCUT2D eigenvalue weighted by Gasteiger charge is 2.40. The molecule has 1 aliphatic rings. The molecule has 0 atom stereocenters. The molecule has 0 aromatic carbocycles. The second-order valence-electron chi connectivity index (χ2n) is 6.68. The summed E-state index contributed by atoms with van der Waals surface area (Å²) in [5, 5.41) is 0. The van der Waals surface area contributed by atoms with Crippen LogP contribution in [0.15, 0.2) is 12.1 Å².